The van der Waals surface area contributed by atoms with Gasteiger partial charge in [-0.05, 0) is 24.3 Å². The van der Waals surface area contributed by atoms with Crippen LogP contribution >= 0.6 is 23.2 Å². The smallest absolute Gasteiger partial charge is 0.375 e. The Morgan fingerprint density at radius 1 is 0.960 bits per heavy atom. The van der Waals surface area contributed by atoms with Gasteiger partial charge in [-0.25, -0.2) is 4.79 Å². The van der Waals surface area contributed by atoms with Crippen molar-refractivity contribution in [3.05, 3.63) is 58.6 Å². The van der Waals surface area contributed by atoms with Crippen molar-refractivity contribution in [3.8, 4) is 28.5 Å². The molecule has 0 atom stereocenters. The van der Waals surface area contributed by atoms with Crippen molar-refractivity contribution in [1.82, 2.24) is 14.9 Å². The standard InChI is InChI=1S/C18H15Cl2N3O2/c1-23(2)18(24)25-17-21-15(11-3-7-13(19)8-4-11)16(22-17)12-5-9-14(20)10-6-12/h3-10H,1-2H3,(H,21,22). The van der Waals surface area contributed by atoms with Crippen molar-refractivity contribution in [2.45, 2.75) is 0 Å². The number of aromatic nitrogens is 2. The normalized spacial score (nSPS) is 10.6. The minimum Gasteiger partial charge on any atom is -0.375 e. The molecule has 0 aliphatic heterocycles. The Bertz CT molecular complexity index is 825. The van der Waals surface area contributed by atoms with E-state index >= 15 is 0 Å². The number of hydrogen-bond donors (Lipinski definition) is 1. The summed E-state index contributed by atoms with van der Waals surface area (Å²) in [6, 6.07) is 14.7. The lowest BCUT2D eigenvalue weighted by molar-refractivity contribution is 0.168. The second-order valence-electron chi connectivity index (χ2n) is 5.54. The fourth-order valence-electron chi connectivity index (χ4n) is 2.22. The van der Waals surface area contributed by atoms with Gasteiger partial charge in [0.1, 0.15) is 5.69 Å². The first-order chi connectivity index (χ1) is 11.9. The number of carbonyl (C=O) groups excluding carboxylic acids is 1. The highest BCUT2D eigenvalue weighted by Gasteiger charge is 2.17. The second kappa shape index (κ2) is 7.17. The molecule has 5 nitrogen and oxygen atoms in total. The average molecular weight is 376 g/mol. The van der Waals surface area contributed by atoms with Gasteiger partial charge in [0, 0.05) is 35.3 Å². The molecule has 3 aromatic rings. The Kier molecular flexibility index (Phi) is 4.97. The van der Waals surface area contributed by atoms with Crippen LogP contribution in [0.3, 0.4) is 0 Å². The number of rotatable bonds is 3. The van der Waals surface area contributed by atoms with Crippen LogP contribution in [0.5, 0.6) is 6.01 Å². The van der Waals surface area contributed by atoms with Crippen LogP contribution in [0.25, 0.3) is 22.5 Å². The Balaban J connectivity index is 2.07. The monoisotopic (exact) mass is 375 g/mol. The number of carbonyl (C=O) groups is 1. The molecule has 0 saturated carbocycles. The summed E-state index contributed by atoms with van der Waals surface area (Å²) in [6.45, 7) is 0. The molecule has 0 fully saturated rings. The lowest BCUT2D eigenvalue weighted by Crippen LogP contribution is -2.25. The number of amides is 1. The molecule has 3 rings (SSSR count). The Morgan fingerprint density at radius 2 is 1.48 bits per heavy atom. The molecule has 0 aliphatic carbocycles. The van der Waals surface area contributed by atoms with Crippen molar-refractivity contribution in [2.24, 2.45) is 0 Å². The first-order valence-electron chi connectivity index (χ1n) is 7.45. The minimum absolute atomic E-state index is 0.119. The maximum absolute atomic E-state index is 11.8. The number of ether oxygens (including phenoxy) is 1. The van der Waals surface area contributed by atoms with Crippen LogP contribution in [-0.2, 0) is 0 Å². The summed E-state index contributed by atoms with van der Waals surface area (Å²) < 4.78 is 5.26. The highest BCUT2D eigenvalue weighted by atomic mass is 35.5. The van der Waals surface area contributed by atoms with E-state index in [1.807, 2.05) is 24.3 Å². The zero-order valence-electron chi connectivity index (χ0n) is 13.6. The molecular formula is C18H15Cl2N3O2. The third-order valence-electron chi connectivity index (χ3n) is 3.48. The highest BCUT2D eigenvalue weighted by Crippen LogP contribution is 2.33. The van der Waals surface area contributed by atoms with Gasteiger partial charge in [-0.3, -0.25) is 0 Å². The zero-order chi connectivity index (χ0) is 18.0. The van der Waals surface area contributed by atoms with Crippen LogP contribution in [0.2, 0.25) is 10.0 Å². The van der Waals surface area contributed by atoms with Gasteiger partial charge in [-0.15, -0.1) is 0 Å². The van der Waals surface area contributed by atoms with Gasteiger partial charge in [0.05, 0.1) is 5.69 Å². The van der Waals surface area contributed by atoms with Crippen LogP contribution in [0.15, 0.2) is 48.5 Å². The summed E-state index contributed by atoms with van der Waals surface area (Å²) in [6.07, 6.45) is -0.515. The molecule has 0 spiro atoms. The molecule has 2 aromatic carbocycles. The highest BCUT2D eigenvalue weighted by molar-refractivity contribution is 6.31. The fraction of sp³-hybridized carbons (Fsp3) is 0.111. The van der Waals surface area contributed by atoms with Gasteiger partial charge in [-0.1, -0.05) is 47.5 Å². The summed E-state index contributed by atoms with van der Waals surface area (Å²) in [5.74, 6) is 0. The number of nitrogens with zero attached hydrogens (tertiary/aromatic N) is 2. The van der Waals surface area contributed by atoms with Gasteiger partial charge < -0.3 is 14.6 Å². The third kappa shape index (κ3) is 3.95. The lowest BCUT2D eigenvalue weighted by Gasteiger charge is -2.07. The molecule has 1 N–H and O–H groups in total. The number of aromatic amines is 1. The molecule has 0 aliphatic rings. The van der Waals surface area contributed by atoms with Crippen LogP contribution in [0, 0.1) is 0 Å². The number of hydrogen-bond acceptors (Lipinski definition) is 3. The predicted molar refractivity (Wildman–Crippen MR) is 99.2 cm³/mol. The van der Waals surface area contributed by atoms with Crippen molar-refractivity contribution < 1.29 is 9.53 Å². The van der Waals surface area contributed by atoms with E-state index < -0.39 is 6.09 Å². The van der Waals surface area contributed by atoms with Crippen LogP contribution in [0.4, 0.5) is 4.79 Å². The van der Waals surface area contributed by atoms with E-state index in [9.17, 15) is 4.79 Å². The molecule has 1 aromatic heterocycles. The molecule has 0 radical (unpaired) electrons. The van der Waals surface area contributed by atoms with Crippen LogP contribution in [-0.4, -0.2) is 35.1 Å². The van der Waals surface area contributed by atoms with E-state index in [1.54, 1.807) is 38.4 Å². The molecular weight excluding hydrogens is 361 g/mol. The van der Waals surface area contributed by atoms with Crippen molar-refractivity contribution >= 4 is 29.3 Å². The summed E-state index contributed by atoms with van der Waals surface area (Å²) in [4.78, 5) is 20.6. The topological polar surface area (TPSA) is 58.2 Å². The summed E-state index contributed by atoms with van der Waals surface area (Å²) in [7, 11) is 3.21. The average Bonchev–Trinajstić information content (AvgIpc) is 3.00. The maximum atomic E-state index is 11.8. The molecule has 128 valence electrons. The van der Waals surface area contributed by atoms with E-state index in [-0.39, 0.29) is 6.01 Å². The van der Waals surface area contributed by atoms with E-state index in [2.05, 4.69) is 9.97 Å². The maximum Gasteiger partial charge on any atom is 0.417 e. The van der Waals surface area contributed by atoms with Crippen LogP contribution in [0.1, 0.15) is 0 Å². The molecule has 0 unspecified atom stereocenters. The van der Waals surface area contributed by atoms with Crippen LogP contribution < -0.4 is 4.74 Å². The molecule has 0 bridgehead atoms. The summed E-state index contributed by atoms with van der Waals surface area (Å²) >= 11 is 11.9. The van der Waals surface area contributed by atoms with Gasteiger partial charge in [0.25, 0.3) is 0 Å². The largest absolute Gasteiger partial charge is 0.417 e. The first kappa shape index (κ1) is 17.3. The first-order valence-corrected chi connectivity index (χ1v) is 8.20. The van der Waals surface area contributed by atoms with E-state index in [0.717, 1.165) is 16.8 Å². The number of benzene rings is 2. The van der Waals surface area contributed by atoms with Crippen molar-refractivity contribution in [1.29, 1.82) is 0 Å². The second-order valence-corrected chi connectivity index (χ2v) is 6.41. The van der Waals surface area contributed by atoms with Crippen molar-refractivity contribution in [3.63, 3.8) is 0 Å². The number of halogens is 2. The lowest BCUT2D eigenvalue weighted by atomic mass is 10.1. The minimum atomic E-state index is -0.515. The SMILES string of the molecule is CN(C)C(=O)Oc1nc(-c2ccc(Cl)cc2)c(-c2ccc(Cl)cc2)[nH]1. The Hall–Kier alpha value is -2.50. The number of H-pyrrole nitrogens is 1. The molecule has 0 saturated heterocycles. The van der Waals surface area contributed by atoms with Gasteiger partial charge in [-0.2, -0.15) is 4.98 Å². The van der Waals surface area contributed by atoms with E-state index in [1.165, 1.54) is 4.90 Å². The molecule has 7 heteroatoms. The van der Waals surface area contributed by atoms with Gasteiger partial charge in [0.2, 0.25) is 0 Å². The quantitative estimate of drug-likeness (QED) is 0.691. The fourth-order valence-corrected chi connectivity index (χ4v) is 2.47. The number of imidazole rings is 1. The molecule has 1 heterocycles. The summed E-state index contributed by atoms with van der Waals surface area (Å²) in [5.41, 5.74) is 3.09. The van der Waals surface area contributed by atoms with Gasteiger partial charge >= 0.3 is 12.1 Å². The van der Waals surface area contributed by atoms with E-state index in [4.69, 9.17) is 27.9 Å². The Morgan fingerprint density at radius 3 is 2.00 bits per heavy atom. The van der Waals surface area contributed by atoms with E-state index in [0.29, 0.717) is 15.7 Å². The molecule has 25 heavy (non-hydrogen) atoms. The Labute approximate surface area is 155 Å². The van der Waals surface area contributed by atoms with Crippen molar-refractivity contribution in [2.75, 3.05) is 14.1 Å². The predicted octanol–water partition coefficient (Wildman–Crippen LogP) is 5.11. The third-order valence-corrected chi connectivity index (χ3v) is 3.99. The summed E-state index contributed by atoms with van der Waals surface area (Å²) in [5, 5.41) is 1.27. The molecule has 1 amide bonds. The van der Waals surface area contributed by atoms with Gasteiger partial charge in [0.15, 0.2) is 0 Å². The number of nitrogens with one attached hydrogen (secondary N) is 1. The zero-order valence-corrected chi connectivity index (χ0v) is 15.1.